The molecule has 0 radical (unpaired) electrons. The molecule has 0 rings (SSSR count). The minimum atomic E-state index is 0.129. The lowest BCUT2D eigenvalue weighted by Crippen LogP contribution is -2.37. The number of thioether (sulfide) groups is 1. The Bertz CT molecular complexity index is 164. The Balaban J connectivity index is 3.78. The predicted molar refractivity (Wildman–Crippen MR) is 63.4 cm³/mol. The van der Waals surface area contributed by atoms with E-state index in [-0.39, 0.29) is 11.8 Å². The van der Waals surface area contributed by atoms with Crippen molar-refractivity contribution < 1.29 is 4.79 Å². The average Bonchev–Trinajstić information content (AvgIpc) is 2.16. The summed E-state index contributed by atoms with van der Waals surface area (Å²) in [5, 5.41) is 3.02. The summed E-state index contributed by atoms with van der Waals surface area (Å²) in [6.45, 7) is 4.66. The van der Waals surface area contributed by atoms with Gasteiger partial charge in [-0.2, -0.15) is 11.8 Å². The molecule has 2 unspecified atom stereocenters. The molecule has 3 N–H and O–H groups in total. The number of carbonyl (C=O) groups excluding carboxylic acids is 1. The van der Waals surface area contributed by atoms with E-state index in [9.17, 15) is 4.79 Å². The van der Waals surface area contributed by atoms with E-state index in [1.54, 1.807) is 11.8 Å². The summed E-state index contributed by atoms with van der Waals surface area (Å²) in [7, 11) is 0. The van der Waals surface area contributed by atoms with Gasteiger partial charge in [0, 0.05) is 18.2 Å². The summed E-state index contributed by atoms with van der Waals surface area (Å²) < 4.78 is 0. The minimum absolute atomic E-state index is 0.129. The molecular formula is C10H22N2OS. The van der Waals surface area contributed by atoms with Crippen molar-refractivity contribution in [3.63, 3.8) is 0 Å². The third-order valence-electron chi connectivity index (χ3n) is 2.16. The van der Waals surface area contributed by atoms with Gasteiger partial charge >= 0.3 is 0 Å². The molecule has 0 heterocycles. The van der Waals surface area contributed by atoms with Crippen LogP contribution in [-0.4, -0.2) is 30.5 Å². The predicted octanol–water partition coefficient (Wildman–Crippen LogP) is 1.23. The van der Waals surface area contributed by atoms with Crippen LogP contribution in [0.25, 0.3) is 0 Å². The number of amides is 1. The highest BCUT2D eigenvalue weighted by molar-refractivity contribution is 7.98. The van der Waals surface area contributed by atoms with Crippen LogP contribution in [0.4, 0.5) is 0 Å². The maximum Gasteiger partial charge on any atom is 0.220 e. The van der Waals surface area contributed by atoms with E-state index in [1.165, 1.54) is 0 Å². The molecule has 0 aliphatic rings. The second kappa shape index (κ2) is 8.12. The monoisotopic (exact) mass is 218 g/mol. The number of nitrogens with one attached hydrogen (secondary N) is 1. The number of rotatable bonds is 7. The molecule has 0 aromatic rings. The molecule has 4 heteroatoms. The quantitative estimate of drug-likeness (QED) is 0.676. The van der Waals surface area contributed by atoms with E-state index in [4.69, 9.17) is 5.73 Å². The Morgan fingerprint density at radius 2 is 2.21 bits per heavy atom. The van der Waals surface area contributed by atoms with Crippen LogP contribution in [0, 0.1) is 5.92 Å². The third kappa shape index (κ3) is 6.27. The van der Waals surface area contributed by atoms with Gasteiger partial charge in [-0.25, -0.2) is 0 Å². The van der Waals surface area contributed by atoms with Crippen LogP contribution in [-0.2, 0) is 4.79 Å². The van der Waals surface area contributed by atoms with Gasteiger partial charge in [-0.3, -0.25) is 4.79 Å². The zero-order valence-corrected chi connectivity index (χ0v) is 10.2. The number of carbonyl (C=O) groups is 1. The highest BCUT2D eigenvalue weighted by Gasteiger charge is 2.11. The maximum absolute atomic E-state index is 11.5. The van der Waals surface area contributed by atoms with Crippen molar-refractivity contribution in [1.82, 2.24) is 5.32 Å². The van der Waals surface area contributed by atoms with E-state index >= 15 is 0 Å². The molecule has 84 valence electrons. The Labute approximate surface area is 91.2 Å². The van der Waals surface area contributed by atoms with Gasteiger partial charge in [0.05, 0.1) is 0 Å². The van der Waals surface area contributed by atoms with Crippen molar-refractivity contribution >= 4 is 17.7 Å². The van der Waals surface area contributed by atoms with Gasteiger partial charge in [0.15, 0.2) is 0 Å². The summed E-state index contributed by atoms with van der Waals surface area (Å²) in [5.41, 5.74) is 5.46. The van der Waals surface area contributed by atoms with Crippen LogP contribution in [0.1, 0.15) is 26.7 Å². The van der Waals surface area contributed by atoms with Crippen molar-refractivity contribution in [1.29, 1.82) is 0 Å². The van der Waals surface area contributed by atoms with Crippen molar-refractivity contribution in [2.75, 3.05) is 18.6 Å². The van der Waals surface area contributed by atoms with Crippen LogP contribution in [0.2, 0.25) is 0 Å². The van der Waals surface area contributed by atoms with E-state index < -0.39 is 0 Å². The molecule has 14 heavy (non-hydrogen) atoms. The Morgan fingerprint density at radius 1 is 1.57 bits per heavy atom. The summed E-state index contributed by atoms with van der Waals surface area (Å²) in [6.07, 6.45) is 3.59. The second-order valence-electron chi connectivity index (χ2n) is 3.67. The Hall–Kier alpha value is -0.220. The fraction of sp³-hybridized carbons (Fsp3) is 0.900. The number of hydrogen-bond acceptors (Lipinski definition) is 3. The van der Waals surface area contributed by atoms with Gasteiger partial charge in [-0.05, 0) is 25.1 Å². The standard InChI is InChI=1S/C10H22N2OS/c1-4-9(7-14-3)12-10(13)5-8(2)6-11/h8-9H,4-7,11H2,1-3H3,(H,12,13). The summed E-state index contributed by atoms with van der Waals surface area (Å²) >= 11 is 1.76. The van der Waals surface area contributed by atoms with E-state index in [0.29, 0.717) is 19.0 Å². The van der Waals surface area contributed by atoms with Gasteiger partial charge in [-0.15, -0.1) is 0 Å². The van der Waals surface area contributed by atoms with Gasteiger partial charge in [0.25, 0.3) is 0 Å². The molecule has 2 atom stereocenters. The molecule has 0 aromatic heterocycles. The number of nitrogens with two attached hydrogens (primary N) is 1. The van der Waals surface area contributed by atoms with Crippen LogP contribution < -0.4 is 11.1 Å². The molecule has 1 amide bonds. The summed E-state index contributed by atoms with van der Waals surface area (Å²) in [4.78, 5) is 11.5. The van der Waals surface area contributed by atoms with Gasteiger partial charge in [0.1, 0.15) is 0 Å². The normalized spacial score (nSPS) is 14.9. The number of hydrogen-bond donors (Lipinski definition) is 2. The first kappa shape index (κ1) is 13.8. The summed E-state index contributed by atoms with van der Waals surface area (Å²) in [5.74, 6) is 1.39. The van der Waals surface area contributed by atoms with Crippen molar-refractivity contribution in [3.8, 4) is 0 Å². The smallest absolute Gasteiger partial charge is 0.220 e. The lowest BCUT2D eigenvalue weighted by Gasteiger charge is -2.17. The highest BCUT2D eigenvalue weighted by Crippen LogP contribution is 2.03. The first-order valence-electron chi connectivity index (χ1n) is 5.12. The SMILES string of the molecule is CCC(CSC)NC(=O)CC(C)CN. The van der Waals surface area contributed by atoms with Crippen LogP contribution in [0.5, 0.6) is 0 Å². The fourth-order valence-corrected chi connectivity index (χ4v) is 1.87. The fourth-order valence-electron chi connectivity index (χ4n) is 1.15. The van der Waals surface area contributed by atoms with Crippen LogP contribution >= 0.6 is 11.8 Å². The zero-order valence-electron chi connectivity index (χ0n) is 9.38. The first-order chi connectivity index (χ1) is 6.63. The molecule has 0 aromatic carbocycles. The lowest BCUT2D eigenvalue weighted by atomic mass is 10.1. The molecular weight excluding hydrogens is 196 g/mol. The highest BCUT2D eigenvalue weighted by atomic mass is 32.2. The lowest BCUT2D eigenvalue weighted by molar-refractivity contribution is -0.122. The molecule has 0 aliphatic heterocycles. The molecule has 0 fully saturated rings. The van der Waals surface area contributed by atoms with Gasteiger partial charge < -0.3 is 11.1 Å². The maximum atomic E-state index is 11.5. The largest absolute Gasteiger partial charge is 0.353 e. The molecule has 0 bridgehead atoms. The average molecular weight is 218 g/mol. The Morgan fingerprint density at radius 3 is 2.64 bits per heavy atom. The first-order valence-corrected chi connectivity index (χ1v) is 6.51. The third-order valence-corrected chi connectivity index (χ3v) is 2.90. The van der Waals surface area contributed by atoms with Crippen LogP contribution in [0.15, 0.2) is 0 Å². The van der Waals surface area contributed by atoms with E-state index in [1.807, 2.05) is 6.92 Å². The molecule has 0 saturated heterocycles. The molecule has 0 spiro atoms. The van der Waals surface area contributed by atoms with Crippen molar-refractivity contribution in [3.05, 3.63) is 0 Å². The van der Waals surface area contributed by atoms with E-state index in [0.717, 1.165) is 12.2 Å². The second-order valence-corrected chi connectivity index (χ2v) is 4.58. The molecule has 0 aliphatic carbocycles. The topological polar surface area (TPSA) is 55.1 Å². The van der Waals surface area contributed by atoms with Crippen LogP contribution in [0.3, 0.4) is 0 Å². The zero-order chi connectivity index (χ0) is 11.0. The minimum Gasteiger partial charge on any atom is -0.353 e. The van der Waals surface area contributed by atoms with Crippen molar-refractivity contribution in [2.24, 2.45) is 11.7 Å². The van der Waals surface area contributed by atoms with Crippen molar-refractivity contribution in [2.45, 2.75) is 32.7 Å². The van der Waals surface area contributed by atoms with Gasteiger partial charge in [0.2, 0.25) is 5.91 Å². The summed E-state index contributed by atoms with van der Waals surface area (Å²) in [6, 6.07) is 0.308. The van der Waals surface area contributed by atoms with Gasteiger partial charge in [-0.1, -0.05) is 13.8 Å². The molecule has 3 nitrogen and oxygen atoms in total. The molecule has 0 saturated carbocycles. The Kier molecular flexibility index (Phi) is 7.99. The van der Waals surface area contributed by atoms with E-state index in [2.05, 4.69) is 18.5 Å².